The summed E-state index contributed by atoms with van der Waals surface area (Å²) in [6, 6.07) is 7.44. The molecule has 0 aliphatic heterocycles. The van der Waals surface area contributed by atoms with E-state index in [4.69, 9.17) is 5.73 Å². The van der Waals surface area contributed by atoms with Crippen molar-refractivity contribution < 1.29 is 9.59 Å². The van der Waals surface area contributed by atoms with Gasteiger partial charge in [0.05, 0.1) is 0 Å². The van der Waals surface area contributed by atoms with Crippen LogP contribution in [-0.4, -0.2) is 24.4 Å². The van der Waals surface area contributed by atoms with Gasteiger partial charge in [-0.15, -0.1) is 0 Å². The molecule has 5 nitrogen and oxygen atoms in total. The number of carbonyl (C=O) groups excluding carboxylic acids is 2. The highest BCUT2D eigenvalue weighted by Crippen LogP contribution is 2.20. The van der Waals surface area contributed by atoms with E-state index in [9.17, 15) is 9.59 Å². The number of hydrogen-bond acceptors (Lipinski definition) is 3. The molecule has 0 saturated carbocycles. The van der Waals surface area contributed by atoms with E-state index in [0.29, 0.717) is 0 Å². The van der Waals surface area contributed by atoms with Gasteiger partial charge in [-0.1, -0.05) is 35.0 Å². The zero-order valence-electron chi connectivity index (χ0n) is 13.3. The van der Waals surface area contributed by atoms with Gasteiger partial charge in [0.1, 0.15) is 5.54 Å². The molecule has 0 saturated heterocycles. The number of rotatable bonds is 7. The van der Waals surface area contributed by atoms with Gasteiger partial charge in [-0.2, -0.15) is 0 Å². The van der Waals surface area contributed by atoms with Gasteiger partial charge < -0.3 is 16.4 Å². The number of halogens is 1. The lowest BCUT2D eigenvalue weighted by Crippen LogP contribution is -2.49. The molecule has 1 rings (SSSR count). The average molecular weight is 370 g/mol. The second-order valence-corrected chi connectivity index (χ2v) is 6.51. The lowest BCUT2D eigenvalue weighted by atomic mass is 9.92. The standard InChI is InChI=1S/C16H24BrN3O2/c1-4-11(2)20-14(21)9-10-19-15(22)16(3,18)12-5-7-13(17)8-6-12/h5-8,11H,4,9-10,18H2,1-3H3,(H,19,22)(H,20,21). The average Bonchev–Trinajstić information content (AvgIpc) is 2.47. The minimum Gasteiger partial charge on any atom is -0.354 e. The van der Waals surface area contributed by atoms with Gasteiger partial charge in [0.2, 0.25) is 11.8 Å². The summed E-state index contributed by atoms with van der Waals surface area (Å²) < 4.78 is 0.925. The van der Waals surface area contributed by atoms with Crippen molar-refractivity contribution in [1.82, 2.24) is 10.6 Å². The summed E-state index contributed by atoms with van der Waals surface area (Å²) >= 11 is 3.35. The predicted octanol–water partition coefficient (Wildman–Crippen LogP) is 2.04. The Morgan fingerprint density at radius 1 is 1.32 bits per heavy atom. The highest BCUT2D eigenvalue weighted by molar-refractivity contribution is 9.10. The van der Waals surface area contributed by atoms with E-state index in [2.05, 4.69) is 26.6 Å². The second-order valence-electron chi connectivity index (χ2n) is 5.59. The molecular formula is C16H24BrN3O2. The Kier molecular flexibility index (Phi) is 7.03. The zero-order chi connectivity index (χ0) is 16.8. The van der Waals surface area contributed by atoms with Crippen molar-refractivity contribution in [2.75, 3.05) is 6.54 Å². The summed E-state index contributed by atoms with van der Waals surface area (Å²) in [7, 11) is 0. The molecule has 0 aliphatic carbocycles. The quantitative estimate of drug-likeness (QED) is 0.687. The molecule has 2 amide bonds. The largest absolute Gasteiger partial charge is 0.354 e. The number of amides is 2. The van der Waals surface area contributed by atoms with Gasteiger partial charge in [-0.25, -0.2) is 0 Å². The van der Waals surface area contributed by atoms with E-state index in [1.54, 1.807) is 19.1 Å². The van der Waals surface area contributed by atoms with Crippen LogP contribution in [0.2, 0.25) is 0 Å². The van der Waals surface area contributed by atoms with E-state index < -0.39 is 5.54 Å². The van der Waals surface area contributed by atoms with Crippen LogP contribution in [0.25, 0.3) is 0 Å². The molecule has 122 valence electrons. The van der Waals surface area contributed by atoms with Crippen molar-refractivity contribution in [2.24, 2.45) is 5.73 Å². The third-order valence-electron chi connectivity index (χ3n) is 3.57. The molecule has 0 radical (unpaired) electrons. The lowest BCUT2D eigenvalue weighted by Gasteiger charge is -2.24. The third kappa shape index (κ3) is 5.42. The molecule has 0 aliphatic rings. The summed E-state index contributed by atoms with van der Waals surface area (Å²) in [5.74, 6) is -0.372. The topological polar surface area (TPSA) is 84.2 Å². The van der Waals surface area contributed by atoms with E-state index in [1.807, 2.05) is 26.0 Å². The molecular weight excluding hydrogens is 346 g/mol. The normalized spacial score (nSPS) is 14.8. The predicted molar refractivity (Wildman–Crippen MR) is 91.2 cm³/mol. The van der Waals surface area contributed by atoms with Crippen LogP contribution in [-0.2, 0) is 15.1 Å². The van der Waals surface area contributed by atoms with E-state index in [1.165, 1.54) is 0 Å². The van der Waals surface area contributed by atoms with Crippen molar-refractivity contribution in [3.05, 3.63) is 34.3 Å². The molecule has 0 fully saturated rings. The second kappa shape index (κ2) is 8.29. The van der Waals surface area contributed by atoms with Crippen molar-refractivity contribution in [3.8, 4) is 0 Å². The first kappa shape index (κ1) is 18.6. The number of benzene rings is 1. The molecule has 6 heteroatoms. The van der Waals surface area contributed by atoms with Gasteiger partial charge in [0.15, 0.2) is 0 Å². The SMILES string of the molecule is CCC(C)NC(=O)CCNC(=O)C(C)(N)c1ccc(Br)cc1. The maximum Gasteiger partial charge on any atom is 0.244 e. The molecule has 2 atom stereocenters. The summed E-state index contributed by atoms with van der Waals surface area (Å²) in [4.78, 5) is 23.9. The molecule has 0 spiro atoms. The van der Waals surface area contributed by atoms with E-state index in [-0.39, 0.29) is 30.8 Å². The van der Waals surface area contributed by atoms with E-state index >= 15 is 0 Å². The van der Waals surface area contributed by atoms with Gasteiger partial charge in [0, 0.05) is 23.5 Å². The number of nitrogens with two attached hydrogens (primary N) is 1. The smallest absolute Gasteiger partial charge is 0.244 e. The Morgan fingerprint density at radius 2 is 1.91 bits per heavy atom. The Bertz CT molecular complexity index is 515. The minimum atomic E-state index is -1.13. The molecule has 1 aromatic carbocycles. The molecule has 4 N–H and O–H groups in total. The van der Waals surface area contributed by atoms with Crippen LogP contribution in [0.4, 0.5) is 0 Å². The summed E-state index contributed by atoms with van der Waals surface area (Å²) in [5.41, 5.74) is 5.71. The van der Waals surface area contributed by atoms with Crippen LogP contribution in [0.3, 0.4) is 0 Å². The van der Waals surface area contributed by atoms with Crippen LogP contribution < -0.4 is 16.4 Å². The van der Waals surface area contributed by atoms with Gasteiger partial charge in [-0.3, -0.25) is 9.59 Å². The number of carbonyl (C=O) groups is 2. The lowest BCUT2D eigenvalue weighted by molar-refractivity contribution is -0.126. The summed E-state index contributed by atoms with van der Waals surface area (Å²) in [5, 5.41) is 5.57. The van der Waals surface area contributed by atoms with Crippen LogP contribution in [0, 0.1) is 0 Å². The molecule has 1 aromatic rings. The molecule has 22 heavy (non-hydrogen) atoms. The summed E-state index contributed by atoms with van der Waals surface area (Å²) in [6.07, 6.45) is 1.12. The zero-order valence-corrected chi connectivity index (χ0v) is 14.9. The van der Waals surface area contributed by atoms with Crippen molar-refractivity contribution in [3.63, 3.8) is 0 Å². The van der Waals surface area contributed by atoms with Crippen LogP contribution in [0.15, 0.2) is 28.7 Å². The highest BCUT2D eigenvalue weighted by Gasteiger charge is 2.30. The first-order valence-corrected chi connectivity index (χ1v) is 8.19. The van der Waals surface area contributed by atoms with Crippen molar-refractivity contribution >= 4 is 27.7 Å². The monoisotopic (exact) mass is 369 g/mol. The molecule has 0 bridgehead atoms. The molecule has 0 aromatic heterocycles. The fourth-order valence-corrected chi connectivity index (χ4v) is 2.11. The van der Waals surface area contributed by atoms with Crippen LogP contribution in [0.5, 0.6) is 0 Å². The summed E-state index contributed by atoms with van der Waals surface area (Å²) in [6.45, 7) is 5.88. The Labute approximate surface area is 140 Å². The molecule has 0 heterocycles. The minimum absolute atomic E-state index is 0.0722. The first-order valence-electron chi connectivity index (χ1n) is 7.40. The van der Waals surface area contributed by atoms with Crippen molar-refractivity contribution in [2.45, 2.75) is 45.2 Å². The number of nitrogens with one attached hydrogen (secondary N) is 2. The number of hydrogen-bond donors (Lipinski definition) is 3. The highest BCUT2D eigenvalue weighted by atomic mass is 79.9. The van der Waals surface area contributed by atoms with Gasteiger partial charge in [0.25, 0.3) is 0 Å². The third-order valence-corrected chi connectivity index (χ3v) is 4.10. The molecule has 2 unspecified atom stereocenters. The van der Waals surface area contributed by atoms with E-state index in [0.717, 1.165) is 16.5 Å². The Hall–Kier alpha value is -1.40. The van der Waals surface area contributed by atoms with Crippen LogP contribution >= 0.6 is 15.9 Å². The Morgan fingerprint density at radius 3 is 2.45 bits per heavy atom. The first-order chi connectivity index (χ1) is 10.3. The van der Waals surface area contributed by atoms with Crippen molar-refractivity contribution in [1.29, 1.82) is 0 Å². The fourth-order valence-electron chi connectivity index (χ4n) is 1.85. The maximum atomic E-state index is 12.2. The van der Waals surface area contributed by atoms with Gasteiger partial charge >= 0.3 is 0 Å². The Balaban J connectivity index is 2.50. The van der Waals surface area contributed by atoms with Crippen LogP contribution in [0.1, 0.15) is 39.2 Å². The maximum absolute atomic E-state index is 12.2. The fraction of sp³-hybridized carbons (Fsp3) is 0.500. The van der Waals surface area contributed by atoms with Gasteiger partial charge in [-0.05, 0) is 38.0 Å².